The lowest BCUT2D eigenvalue weighted by molar-refractivity contribution is 0.0601. The molecule has 0 spiro atoms. The molecule has 0 aliphatic rings. The van der Waals surface area contributed by atoms with Crippen molar-refractivity contribution in [2.45, 2.75) is 6.61 Å². The number of fused-ring (bicyclic) bond motifs is 1. The van der Waals surface area contributed by atoms with Crippen molar-refractivity contribution < 1.29 is 18.8 Å². The largest absolute Gasteiger partial charge is 0.465 e. The third-order valence-corrected chi connectivity index (χ3v) is 3.08. The number of methoxy groups -OCH3 is 1. The number of nitrogens with zero attached hydrogens (tertiary/aromatic N) is 1. The van der Waals surface area contributed by atoms with Crippen molar-refractivity contribution >= 4 is 16.9 Å². The Hall–Kier alpha value is -2.82. The summed E-state index contributed by atoms with van der Waals surface area (Å²) < 4.78 is 15.5. The highest BCUT2D eigenvalue weighted by molar-refractivity contribution is 5.95. The van der Waals surface area contributed by atoms with Crippen LogP contribution < -0.4 is 4.74 Å². The first-order chi connectivity index (χ1) is 10.3. The fraction of sp³-hybridized carbons (Fsp3) is 0.125. The van der Waals surface area contributed by atoms with Gasteiger partial charge in [-0.15, -0.1) is 0 Å². The van der Waals surface area contributed by atoms with E-state index in [4.69, 9.17) is 14.0 Å². The normalized spacial score (nSPS) is 10.5. The van der Waals surface area contributed by atoms with Gasteiger partial charge < -0.3 is 14.0 Å². The van der Waals surface area contributed by atoms with Gasteiger partial charge in [-0.1, -0.05) is 35.5 Å². The molecule has 0 saturated carbocycles. The highest BCUT2D eigenvalue weighted by Crippen LogP contribution is 2.27. The van der Waals surface area contributed by atoms with E-state index in [9.17, 15) is 4.79 Å². The first-order valence-corrected chi connectivity index (χ1v) is 6.42. The molecule has 2 aromatic carbocycles. The topological polar surface area (TPSA) is 61.6 Å². The number of rotatable bonds is 4. The molecule has 3 aromatic rings. The molecule has 0 aliphatic carbocycles. The van der Waals surface area contributed by atoms with E-state index in [2.05, 4.69) is 5.16 Å². The maximum absolute atomic E-state index is 11.6. The summed E-state index contributed by atoms with van der Waals surface area (Å²) in [6, 6.07) is 14.7. The number of ether oxygens (including phenoxy) is 2. The van der Waals surface area contributed by atoms with Gasteiger partial charge in [0.05, 0.1) is 18.1 Å². The first kappa shape index (κ1) is 13.2. The van der Waals surface area contributed by atoms with Gasteiger partial charge in [0.1, 0.15) is 12.1 Å². The Kier molecular flexibility index (Phi) is 3.55. The second kappa shape index (κ2) is 5.66. The third kappa shape index (κ3) is 2.72. The van der Waals surface area contributed by atoms with Crippen LogP contribution in [0.2, 0.25) is 0 Å². The standard InChI is InChI=1S/C16H13NO4/c1-19-15(18)12-7-8-14-13(9-12)16(21-17-14)20-10-11-5-3-2-4-6-11/h2-9H,10H2,1H3. The van der Waals surface area contributed by atoms with E-state index in [-0.39, 0.29) is 0 Å². The number of hydrogen-bond donors (Lipinski definition) is 0. The predicted molar refractivity (Wildman–Crippen MR) is 76.1 cm³/mol. The Bertz CT molecular complexity index is 764. The monoisotopic (exact) mass is 283 g/mol. The van der Waals surface area contributed by atoms with Gasteiger partial charge in [0, 0.05) is 0 Å². The molecule has 3 rings (SSSR count). The second-order valence-corrected chi connectivity index (χ2v) is 4.47. The first-order valence-electron chi connectivity index (χ1n) is 6.42. The molecule has 0 fully saturated rings. The molecule has 0 N–H and O–H groups in total. The summed E-state index contributed by atoms with van der Waals surface area (Å²) in [5.41, 5.74) is 2.08. The lowest BCUT2D eigenvalue weighted by Gasteiger charge is -2.03. The van der Waals surface area contributed by atoms with Crippen LogP contribution in [0.1, 0.15) is 15.9 Å². The lowest BCUT2D eigenvalue weighted by Crippen LogP contribution is -2.00. The van der Waals surface area contributed by atoms with E-state index < -0.39 is 5.97 Å². The summed E-state index contributed by atoms with van der Waals surface area (Å²) in [5.74, 6) is -0.119. The van der Waals surface area contributed by atoms with Crippen molar-refractivity contribution in [1.82, 2.24) is 5.16 Å². The molecular formula is C16H13NO4. The van der Waals surface area contributed by atoms with Gasteiger partial charge in [0.2, 0.25) is 0 Å². The molecule has 1 aromatic heterocycles. The molecule has 21 heavy (non-hydrogen) atoms. The van der Waals surface area contributed by atoms with Crippen LogP contribution >= 0.6 is 0 Å². The Labute approximate surface area is 121 Å². The highest BCUT2D eigenvalue weighted by atomic mass is 16.6. The molecule has 0 radical (unpaired) electrons. The van der Waals surface area contributed by atoms with Crippen LogP contribution in [0.5, 0.6) is 5.95 Å². The zero-order valence-corrected chi connectivity index (χ0v) is 11.4. The number of aromatic nitrogens is 1. The molecule has 0 atom stereocenters. The van der Waals surface area contributed by atoms with Crippen molar-refractivity contribution in [1.29, 1.82) is 0 Å². The van der Waals surface area contributed by atoms with Crippen molar-refractivity contribution in [3.63, 3.8) is 0 Å². The Morgan fingerprint density at radius 3 is 2.76 bits per heavy atom. The fourth-order valence-electron chi connectivity index (χ4n) is 1.99. The quantitative estimate of drug-likeness (QED) is 0.688. The molecule has 0 bridgehead atoms. The number of benzene rings is 2. The van der Waals surface area contributed by atoms with Gasteiger partial charge in [-0.3, -0.25) is 0 Å². The summed E-state index contributed by atoms with van der Waals surface area (Å²) in [6.07, 6.45) is 0. The average molecular weight is 283 g/mol. The lowest BCUT2D eigenvalue weighted by atomic mass is 10.1. The van der Waals surface area contributed by atoms with Gasteiger partial charge in [-0.05, 0) is 23.8 Å². The zero-order chi connectivity index (χ0) is 14.7. The van der Waals surface area contributed by atoms with Crippen LogP contribution in [0.15, 0.2) is 53.1 Å². The van der Waals surface area contributed by atoms with Gasteiger partial charge >= 0.3 is 11.9 Å². The predicted octanol–water partition coefficient (Wildman–Crippen LogP) is 3.19. The Morgan fingerprint density at radius 1 is 1.19 bits per heavy atom. The van der Waals surface area contributed by atoms with Crippen LogP contribution in [0, 0.1) is 0 Å². The number of esters is 1. The summed E-state index contributed by atoms with van der Waals surface area (Å²) in [4.78, 5) is 11.6. The summed E-state index contributed by atoms with van der Waals surface area (Å²) >= 11 is 0. The van der Waals surface area contributed by atoms with Gasteiger partial charge in [0.25, 0.3) is 0 Å². The maximum Gasteiger partial charge on any atom is 0.337 e. The molecule has 5 nitrogen and oxygen atoms in total. The summed E-state index contributed by atoms with van der Waals surface area (Å²) in [5, 5.41) is 4.55. The molecule has 0 unspecified atom stereocenters. The highest BCUT2D eigenvalue weighted by Gasteiger charge is 2.13. The third-order valence-electron chi connectivity index (χ3n) is 3.08. The number of hydrogen-bond acceptors (Lipinski definition) is 5. The van der Waals surface area contributed by atoms with Gasteiger partial charge in [-0.25, -0.2) is 4.79 Å². The Morgan fingerprint density at radius 2 is 2.00 bits per heavy atom. The van der Waals surface area contributed by atoms with E-state index in [1.807, 2.05) is 30.3 Å². The minimum Gasteiger partial charge on any atom is -0.465 e. The van der Waals surface area contributed by atoms with Crippen molar-refractivity contribution in [2.75, 3.05) is 7.11 Å². The minimum absolute atomic E-state index is 0.291. The molecule has 0 saturated heterocycles. The van der Waals surface area contributed by atoms with Crippen molar-refractivity contribution in [2.24, 2.45) is 0 Å². The zero-order valence-electron chi connectivity index (χ0n) is 11.4. The molecule has 5 heteroatoms. The minimum atomic E-state index is -0.410. The van der Waals surface area contributed by atoms with Crippen molar-refractivity contribution in [3.8, 4) is 5.95 Å². The van der Waals surface area contributed by atoms with Crippen LogP contribution in [0.4, 0.5) is 0 Å². The van der Waals surface area contributed by atoms with Crippen LogP contribution in [-0.4, -0.2) is 18.2 Å². The van der Waals surface area contributed by atoms with E-state index in [1.165, 1.54) is 7.11 Å². The van der Waals surface area contributed by atoms with Gasteiger partial charge in [-0.2, -0.15) is 0 Å². The Balaban J connectivity index is 1.86. The van der Waals surface area contributed by atoms with E-state index in [0.717, 1.165) is 5.56 Å². The second-order valence-electron chi connectivity index (χ2n) is 4.47. The molecular weight excluding hydrogens is 270 g/mol. The molecule has 1 heterocycles. The smallest absolute Gasteiger partial charge is 0.337 e. The van der Waals surface area contributed by atoms with E-state index in [1.54, 1.807) is 18.2 Å². The number of carbonyl (C=O) groups excluding carboxylic acids is 1. The molecule has 0 aliphatic heterocycles. The molecule has 106 valence electrons. The van der Waals surface area contributed by atoms with Crippen LogP contribution in [0.3, 0.4) is 0 Å². The van der Waals surface area contributed by atoms with E-state index >= 15 is 0 Å². The maximum atomic E-state index is 11.6. The van der Waals surface area contributed by atoms with Crippen LogP contribution in [-0.2, 0) is 11.3 Å². The SMILES string of the molecule is COC(=O)c1ccc2noc(OCc3ccccc3)c2c1. The number of carbonyl (C=O) groups is 1. The van der Waals surface area contributed by atoms with Crippen LogP contribution in [0.25, 0.3) is 10.9 Å². The fourth-order valence-corrected chi connectivity index (χ4v) is 1.99. The molecule has 0 amide bonds. The van der Waals surface area contributed by atoms with Gasteiger partial charge in [0.15, 0.2) is 0 Å². The summed E-state index contributed by atoms with van der Waals surface area (Å²) in [6.45, 7) is 0.369. The average Bonchev–Trinajstić information content (AvgIpc) is 2.95. The summed E-state index contributed by atoms with van der Waals surface area (Å²) in [7, 11) is 1.34. The van der Waals surface area contributed by atoms with E-state index in [0.29, 0.717) is 29.0 Å². The van der Waals surface area contributed by atoms with Crippen molar-refractivity contribution in [3.05, 3.63) is 59.7 Å².